The molecule has 0 aromatic heterocycles. The predicted octanol–water partition coefficient (Wildman–Crippen LogP) is -2.12. The zero-order chi connectivity index (χ0) is 4.28. The first-order valence-corrected chi connectivity index (χ1v) is 1.10. The predicted molar refractivity (Wildman–Crippen MR) is 24.7 cm³/mol. The summed E-state index contributed by atoms with van der Waals surface area (Å²) in [6.07, 6.45) is 0. The van der Waals surface area contributed by atoms with Gasteiger partial charge in [-0.2, -0.15) is 0 Å². The van der Waals surface area contributed by atoms with E-state index in [4.69, 9.17) is 15.0 Å². The molecule has 0 rings (SSSR count). The number of aliphatic carboxylic acids is 1. The van der Waals surface area contributed by atoms with Crippen molar-refractivity contribution in [2.75, 3.05) is 6.61 Å². The number of carboxylic acids is 1. The lowest BCUT2D eigenvalue weighted by Crippen LogP contribution is -1.98. The molecule has 0 aromatic rings. The Balaban J connectivity index is 0. The van der Waals surface area contributed by atoms with Crippen LogP contribution >= 0.6 is 0 Å². The summed E-state index contributed by atoms with van der Waals surface area (Å²) in [4.78, 5) is 9.12. The Bertz CT molecular complexity index is 44.1. The van der Waals surface area contributed by atoms with Crippen molar-refractivity contribution in [2.45, 2.75) is 0 Å². The van der Waals surface area contributed by atoms with E-state index in [0.29, 0.717) is 0 Å². The van der Waals surface area contributed by atoms with Crippen LogP contribution in [0.15, 0.2) is 0 Å². The van der Waals surface area contributed by atoms with Crippen molar-refractivity contribution < 1.29 is 15.0 Å². The summed E-state index contributed by atoms with van der Waals surface area (Å²) in [5, 5.41) is 15.0. The van der Waals surface area contributed by atoms with E-state index in [9.17, 15) is 0 Å². The number of carboxylic acid groups (broad SMARTS) is 1. The first-order chi connectivity index (χ1) is 2.27. The molecule has 2 N–H and O–H groups in total. The van der Waals surface area contributed by atoms with Crippen LogP contribution in [-0.2, 0) is 4.79 Å². The normalized spacial score (nSPS) is 6.17. The molecule has 0 atom stereocenters. The molecular formula is C2H7BO3. The molecule has 0 heterocycles. The van der Waals surface area contributed by atoms with Crippen LogP contribution in [0.2, 0.25) is 0 Å². The number of hydrogen-bond donors (Lipinski definition) is 2. The second-order valence-corrected chi connectivity index (χ2v) is 0.552. The van der Waals surface area contributed by atoms with Gasteiger partial charge in [-0.15, -0.1) is 0 Å². The number of carbonyl (C=O) groups is 1. The standard InChI is InChI=1S/C2H4O3.BH3/c3-1-2(4)5;/h3H,1H2,(H,4,5);1H3. The van der Waals surface area contributed by atoms with Gasteiger partial charge in [-0.1, -0.05) is 0 Å². The van der Waals surface area contributed by atoms with Gasteiger partial charge in [0, 0.05) is 0 Å². The molecule has 0 bridgehead atoms. The molecule has 6 heavy (non-hydrogen) atoms. The molecule has 0 spiro atoms. The van der Waals surface area contributed by atoms with Crippen molar-refractivity contribution in [1.82, 2.24) is 0 Å². The Morgan fingerprint density at radius 2 is 1.83 bits per heavy atom. The average Bonchev–Trinajstić information content (AvgIpc) is 1.38. The lowest BCUT2D eigenvalue weighted by atomic mass is 10.8. The third-order valence-electron chi connectivity index (χ3n) is 0.135. The fourth-order valence-electron chi connectivity index (χ4n) is 0. The van der Waals surface area contributed by atoms with E-state index < -0.39 is 12.6 Å². The lowest BCUT2D eigenvalue weighted by molar-refractivity contribution is -0.140. The fourth-order valence-corrected chi connectivity index (χ4v) is 0. The minimum Gasteiger partial charge on any atom is -0.480 e. The van der Waals surface area contributed by atoms with Crippen molar-refractivity contribution in [3.8, 4) is 0 Å². The summed E-state index contributed by atoms with van der Waals surface area (Å²) < 4.78 is 0. The molecule has 0 radical (unpaired) electrons. The first kappa shape index (κ1) is 9.09. The van der Waals surface area contributed by atoms with Crippen LogP contribution in [0.3, 0.4) is 0 Å². The Hall–Kier alpha value is -0.505. The molecule has 0 aliphatic rings. The minimum absolute atomic E-state index is 0. The van der Waals surface area contributed by atoms with Crippen LogP contribution in [0.4, 0.5) is 0 Å². The van der Waals surface area contributed by atoms with E-state index in [1.54, 1.807) is 0 Å². The van der Waals surface area contributed by atoms with E-state index >= 15 is 0 Å². The molecule has 0 amide bonds. The van der Waals surface area contributed by atoms with Gasteiger partial charge in [0.2, 0.25) is 0 Å². The SMILES string of the molecule is B.O=C(O)CO. The van der Waals surface area contributed by atoms with Gasteiger partial charge >= 0.3 is 5.97 Å². The second kappa shape index (κ2) is 4.49. The van der Waals surface area contributed by atoms with Gasteiger partial charge in [0.15, 0.2) is 0 Å². The van der Waals surface area contributed by atoms with E-state index in [1.807, 2.05) is 0 Å². The highest BCUT2D eigenvalue weighted by Gasteiger charge is 1.82. The van der Waals surface area contributed by atoms with Gasteiger partial charge in [-0.05, 0) is 0 Å². The highest BCUT2D eigenvalue weighted by molar-refractivity contribution is 5.75. The molecule has 0 aliphatic heterocycles. The monoisotopic (exact) mass is 90.0 g/mol. The number of aliphatic hydroxyl groups is 1. The summed E-state index contributed by atoms with van der Waals surface area (Å²) >= 11 is 0. The zero-order valence-corrected chi connectivity index (χ0v) is 2.51. The van der Waals surface area contributed by atoms with Crippen LogP contribution in [0.25, 0.3) is 0 Å². The van der Waals surface area contributed by atoms with Gasteiger partial charge in [0.25, 0.3) is 0 Å². The molecule has 36 valence electrons. The Morgan fingerprint density at radius 3 is 1.83 bits per heavy atom. The summed E-state index contributed by atoms with van der Waals surface area (Å²) in [7, 11) is 0. The van der Waals surface area contributed by atoms with Crippen LogP contribution in [0.5, 0.6) is 0 Å². The topological polar surface area (TPSA) is 57.5 Å². The van der Waals surface area contributed by atoms with Crippen molar-refractivity contribution in [3.63, 3.8) is 0 Å². The largest absolute Gasteiger partial charge is 0.480 e. The van der Waals surface area contributed by atoms with Crippen molar-refractivity contribution in [2.24, 2.45) is 0 Å². The van der Waals surface area contributed by atoms with Crippen molar-refractivity contribution >= 4 is 14.4 Å². The van der Waals surface area contributed by atoms with Gasteiger partial charge in [-0.3, -0.25) is 0 Å². The van der Waals surface area contributed by atoms with E-state index in [1.165, 1.54) is 0 Å². The van der Waals surface area contributed by atoms with Crippen LogP contribution < -0.4 is 0 Å². The highest BCUT2D eigenvalue weighted by Crippen LogP contribution is 1.48. The summed E-state index contributed by atoms with van der Waals surface area (Å²) in [6, 6.07) is 0. The molecule has 0 fully saturated rings. The van der Waals surface area contributed by atoms with Gasteiger partial charge < -0.3 is 10.2 Å². The van der Waals surface area contributed by atoms with Crippen molar-refractivity contribution in [3.05, 3.63) is 0 Å². The van der Waals surface area contributed by atoms with Crippen LogP contribution in [0, 0.1) is 0 Å². The van der Waals surface area contributed by atoms with E-state index in [0.717, 1.165) is 0 Å². The Morgan fingerprint density at radius 1 is 1.67 bits per heavy atom. The molecule has 0 aliphatic carbocycles. The third-order valence-corrected chi connectivity index (χ3v) is 0.135. The first-order valence-electron chi connectivity index (χ1n) is 1.10. The van der Waals surface area contributed by atoms with Gasteiger partial charge in [-0.25, -0.2) is 4.79 Å². The second-order valence-electron chi connectivity index (χ2n) is 0.552. The lowest BCUT2D eigenvalue weighted by Gasteiger charge is -1.72. The van der Waals surface area contributed by atoms with Crippen LogP contribution in [0.1, 0.15) is 0 Å². The molecular weight excluding hydrogens is 82.8 g/mol. The maximum atomic E-state index is 9.12. The maximum absolute atomic E-state index is 9.12. The maximum Gasteiger partial charge on any atom is 0.329 e. The van der Waals surface area contributed by atoms with E-state index in [-0.39, 0.29) is 8.41 Å². The third kappa shape index (κ3) is 9.73. The molecule has 3 nitrogen and oxygen atoms in total. The number of aliphatic hydroxyl groups excluding tert-OH is 1. The zero-order valence-electron chi connectivity index (χ0n) is 2.51. The summed E-state index contributed by atoms with van der Waals surface area (Å²) in [6.45, 7) is -0.778. The van der Waals surface area contributed by atoms with Crippen LogP contribution in [-0.4, -0.2) is 31.2 Å². The molecule has 0 unspecified atom stereocenters. The van der Waals surface area contributed by atoms with Gasteiger partial charge in [0.05, 0.1) is 8.41 Å². The average molecular weight is 89.9 g/mol. The van der Waals surface area contributed by atoms with Gasteiger partial charge in [0.1, 0.15) is 6.61 Å². The fraction of sp³-hybridized carbons (Fsp3) is 0.500. The molecule has 0 saturated heterocycles. The quantitative estimate of drug-likeness (QED) is 0.362. The summed E-state index contributed by atoms with van der Waals surface area (Å²) in [5.41, 5.74) is 0. The van der Waals surface area contributed by atoms with E-state index in [2.05, 4.69) is 0 Å². The van der Waals surface area contributed by atoms with Crippen molar-refractivity contribution in [1.29, 1.82) is 0 Å². The Kier molecular flexibility index (Phi) is 6.81. The number of rotatable bonds is 1. The smallest absolute Gasteiger partial charge is 0.329 e. The minimum atomic E-state index is -1.19. The number of hydrogen-bond acceptors (Lipinski definition) is 2. The molecule has 0 aromatic carbocycles. The Labute approximate surface area is 37.2 Å². The molecule has 0 saturated carbocycles. The highest BCUT2D eigenvalue weighted by atomic mass is 16.4. The molecule has 4 heteroatoms. The summed E-state index contributed by atoms with van der Waals surface area (Å²) in [5.74, 6) is -1.19.